The molecular weight excluding hydrogens is 238 g/mol. The van der Waals surface area contributed by atoms with Crippen molar-refractivity contribution in [2.75, 3.05) is 6.61 Å². The van der Waals surface area contributed by atoms with Crippen molar-refractivity contribution in [2.24, 2.45) is 5.16 Å². The molecule has 0 aliphatic carbocycles. The van der Waals surface area contributed by atoms with Gasteiger partial charge in [-0.1, -0.05) is 39.8 Å². The zero-order valence-electron chi connectivity index (χ0n) is 12.9. The van der Waals surface area contributed by atoms with Crippen LogP contribution in [0.3, 0.4) is 0 Å². The molecule has 0 aromatic rings. The summed E-state index contributed by atoms with van der Waals surface area (Å²) in [6.07, 6.45) is 7.09. The fourth-order valence-corrected chi connectivity index (χ4v) is 1.35. The molecule has 116 valence electrons. The van der Waals surface area contributed by atoms with Crippen LogP contribution in [0.1, 0.15) is 87.0 Å². The van der Waals surface area contributed by atoms with Crippen molar-refractivity contribution >= 4 is 11.5 Å². The fourth-order valence-electron chi connectivity index (χ4n) is 1.35. The van der Waals surface area contributed by atoms with E-state index in [4.69, 9.17) is 4.84 Å². The van der Waals surface area contributed by atoms with Gasteiger partial charge in [0.25, 0.3) is 0 Å². The molecule has 0 atom stereocenters. The van der Waals surface area contributed by atoms with Crippen LogP contribution in [0.5, 0.6) is 0 Å². The quantitative estimate of drug-likeness (QED) is 0.304. The maximum absolute atomic E-state index is 10.7. The van der Waals surface area contributed by atoms with Gasteiger partial charge in [0, 0.05) is 6.42 Å². The van der Waals surface area contributed by atoms with Crippen molar-refractivity contribution in [3.63, 3.8) is 0 Å². The number of carbonyl (C=O) groups is 1. The van der Waals surface area contributed by atoms with E-state index in [1.807, 2.05) is 20.8 Å². The van der Waals surface area contributed by atoms with Gasteiger partial charge >= 0.3 is 0 Å². The third-order valence-corrected chi connectivity index (χ3v) is 2.38. The number of nitrogens with zero attached hydrogens (tertiary/aromatic N) is 1. The van der Waals surface area contributed by atoms with E-state index in [0.29, 0.717) is 13.0 Å². The number of unbranched alkanes of at least 4 members (excludes halogenated alkanes) is 3. The number of ketones is 1. The molecule has 0 unspecified atom stereocenters. The summed E-state index contributed by atoms with van der Waals surface area (Å²) in [6, 6.07) is 0. The molecule has 0 amide bonds. The first-order chi connectivity index (χ1) is 8.66. The molecule has 3 heteroatoms. The molecule has 0 aliphatic rings. The molecule has 0 aromatic heterocycles. The Hall–Kier alpha value is -0.860. The van der Waals surface area contributed by atoms with Gasteiger partial charge in [0.1, 0.15) is 12.4 Å². The normalized spacial score (nSPS) is 10.1. The highest BCUT2D eigenvalue weighted by atomic mass is 16.6. The molecule has 0 radical (unpaired) electrons. The van der Waals surface area contributed by atoms with Gasteiger partial charge in [-0.05, 0) is 46.0 Å². The Morgan fingerprint density at radius 3 is 2.16 bits per heavy atom. The number of carbonyl (C=O) groups excluding carboxylic acids is 1. The summed E-state index contributed by atoms with van der Waals surface area (Å²) in [5.74, 6) is 0.273. The molecule has 19 heavy (non-hydrogen) atoms. The number of hydrogen-bond acceptors (Lipinski definition) is 3. The van der Waals surface area contributed by atoms with Crippen LogP contribution >= 0.6 is 0 Å². The summed E-state index contributed by atoms with van der Waals surface area (Å²) >= 11 is 0. The summed E-state index contributed by atoms with van der Waals surface area (Å²) in [4.78, 5) is 15.9. The Bertz CT molecular complexity index is 213. The lowest BCUT2D eigenvalue weighted by Crippen LogP contribution is -1.96. The summed E-state index contributed by atoms with van der Waals surface area (Å²) in [5.41, 5.74) is 1.07. The van der Waals surface area contributed by atoms with Gasteiger partial charge in [-0.3, -0.25) is 0 Å². The monoisotopic (exact) mass is 273 g/mol. The van der Waals surface area contributed by atoms with Gasteiger partial charge in [-0.2, -0.15) is 0 Å². The number of Topliss-reactive ketones (excluding diaryl/α,β-unsaturated/α-hetero) is 1. The highest BCUT2D eigenvalue weighted by Gasteiger charge is 1.95. The van der Waals surface area contributed by atoms with E-state index in [-0.39, 0.29) is 13.2 Å². The van der Waals surface area contributed by atoms with E-state index < -0.39 is 0 Å². The van der Waals surface area contributed by atoms with E-state index in [1.165, 1.54) is 12.8 Å². The maximum Gasteiger partial charge on any atom is 0.129 e. The molecule has 0 heterocycles. The molecule has 0 N–H and O–H groups in total. The Morgan fingerprint density at radius 1 is 1.00 bits per heavy atom. The van der Waals surface area contributed by atoms with E-state index in [9.17, 15) is 4.79 Å². The molecule has 0 saturated carbocycles. The van der Waals surface area contributed by atoms with Crippen molar-refractivity contribution in [1.29, 1.82) is 0 Å². The largest absolute Gasteiger partial charge is 0.396 e. The van der Waals surface area contributed by atoms with Crippen LogP contribution in [0, 0.1) is 0 Å². The summed E-state index contributed by atoms with van der Waals surface area (Å²) in [7, 11) is 0. The second-order valence-corrected chi connectivity index (χ2v) is 4.28. The smallest absolute Gasteiger partial charge is 0.129 e. The van der Waals surface area contributed by atoms with Gasteiger partial charge in [0.2, 0.25) is 0 Å². The van der Waals surface area contributed by atoms with Crippen LogP contribution in [0.25, 0.3) is 0 Å². The topological polar surface area (TPSA) is 38.7 Å². The third-order valence-electron chi connectivity index (χ3n) is 2.38. The van der Waals surface area contributed by atoms with Crippen LogP contribution < -0.4 is 0 Å². The molecule has 0 bridgehead atoms. The molecule has 0 rings (SSSR count). The lowest BCUT2D eigenvalue weighted by molar-refractivity contribution is -0.117. The minimum Gasteiger partial charge on any atom is -0.396 e. The number of rotatable bonds is 10. The van der Waals surface area contributed by atoms with E-state index in [0.717, 1.165) is 31.4 Å². The lowest BCUT2D eigenvalue weighted by Gasteiger charge is -2.01. The highest BCUT2D eigenvalue weighted by Crippen LogP contribution is 2.02. The predicted octanol–water partition coefficient (Wildman–Crippen LogP) is 5.38. The van der Waals surface area contributed by atoms with Crippen LogP contribution in [-0.2, 0) is 9.63 Å². The first kappa shape index (κ1) is 23.2. The zero-order valence-corrected chi connectivity index (χ0v) is 12.9. The Balaban J connectivity index is -0.000000809. The maximum atomic E-state index is 10.7. The molecule has 3 nitrogen and oxygen atoms in total. The zero-order chi connectivity index (χ0) is 14.2. The number of hydrogen-bond donors (Lipinski definition) is 0. The average Bonchev–Trinajstić information content (AvgIpc) is 2.37. The van der Waals surface area contributed by atoms with Gasteiger partial charge in [0.05, 0.1) is 5.71 Å². The van der Waals surface area contributed by atoms with Crippen LogP contribution in [0.2, 0.25) is 0 Å². The Labute approximate surface area is 120 Å². The molecule has 0 saturated heterocycles. The molecule has 0 aliphatic heterocycles. The van der Waals surface area contributed by atoms with E-state index >= 15 is 0 Å². The average molecular weight is 273 g/mol. The Morgan fingerprint density at radius 2 is 1.63 bits per heavy atom. The first-order valence-electron chi connectivity index (χ1n) is 7.31. The molecular formula is C16H35NO2. The first-order valence-corrected chi connectivity index (χ1v) is 7.31. The predicted molar refractivity (Wildman–Crippen MR) is 85.8 cm³/mol. The SMILES string of the molecule is C.CC.CCCC/C(C)=N/OCCCCCC(C)=O. The molecule has 0 fully saturated rings. The van der Waals surface area contributed by atoms with Gasteiger partial charge in [-0.15, -0.1) is 0 Å². The summed E-state index contributed by atoms with van der Waals surface area (Å²) in [5, 5.41) is 4.04. The molecule has 0 aromatic carbocycles. The summed E-state index contributed by atoms with van der Waals surface area (Å²) < 4.78 is 0. The van der Waals surface area contributed by atoms with Crippen molar-refractivity contribution in [1.82, 2.24) is 0 Å². The van der Waals surface area contributed by atoms with Gasteiger partial charge < -0.3 is 9.63 Å². The minimum atomic E-state index is 0. The van der Waals surface area contributed by atoms with Crippen molar-refractivity contribution in [3.8, 4) is 0 Å². The van der Waals surface area contributed by atoms with Crippen LogP contribution in [-0.4, -0.2) is 18.1 Å². The second kappa shape index (κ2) is 19.5. The van der Waals surface area contributed by atoms with Crippen molar-refractivity contribution in [3.05, 3.63) is 0 Å². The minimum absolute atomic E-state index is 0. The second-order valence-electron chi connectivity index (χ2n) is 4.28. The van der Waals surface area contributed by atoms with Crippen molar-refractivity contribution < 1.29 is 9.63 Å². The van der Waals surface area contributed by atoms with E-state index in [2.05, 4.69) is 12.1 Å². The summed E-state index contributed by atoms with van der Waals surface area (Å²) in [6.45, 7) is 10.5. The lowest BCUT2D eigenvalue weighted by atomic mass is 10.1. The van der Waals surface area contributed by atoms with E-state index in [1.54, 1.807) is 6.92 Å². The van der Waals surface area contributed by atoms with Crippen molar-refractivity contribution in [2.45, 2.75) is 87.0 Å². The highest BCUT2D eigenvalue weighted by molar-refractivity contribution is 5.81. The molecule has 0 spiro atoms. The van der Waals surface area contributed by atoms with Gasteiger partial charge in [-0.25, -0.2) is 0 Å². The van der Waals surface area contributed by atoms with Gasteiger partial charge in [0.15, 0.2) is 0 Å². The third kappa shape index (κ3) is 22.8. The number of oxime groups is 1. The van der Waals surface area contributed by atoms with Crippen LogP contribution in [0.15, 0.2) is 5.16 Å². The van der Waals surface area contributed by atoms with Crippen LogP contribution in [0.4, 0.5) is 0 Å². The Kier molecular flexibility index (Phi) is 23.8. The fraction of sp³-hybridized carbons (Fsp3) is 0.875. The standard InChI is InChI=1S/C13H25NO2.C2H6.CH4/c1-4-5-9-12(2)14-16-11-8-6-7-10-13(3)15;1-2;/h4-11H2,1-3H3;1-2H3;1H4/b14-12+;;.